The third kappa shape index (κ3) is 2.30. The highest BCUT2D eigenvalue weighted by Gasteiger charge is 2.12. The molecule has 18 heavy (non-hydrogen) atoms. The lowest BCUT2D eigenvalue weighted by atomic mass is 10.2. The van der Waals surface area contributed by atoms with Crippen LogP contribution in [0.3, 0.4) is 0 Å². The number of aryl methyl sites for hydroxylation is 2. The van der Waals surface area contributed by atoms with Crippen LogP contribution >= 0.6 is 0 Å². The minimum atomic E-state index is -0.803. The zero-order chi connectivity index (χ0) is 13.1. The SMILES string of the molecule is CCCc1nc2c(N)cccc2n1CCC(=O)O. The van der Waals surface area contributed by atoms with E-state index in [0.29, 0.717) is 12.2 Å². The van der Waals surface area contributed by atoms with Crippen molar-refractivity contribution < 1.29 is 9.90 Å². The van der Waals surface area contributed by atoms with E-state index in [1.807, 2.05) is 22.8 Å². The second-order valence-electron chi connectivity index (χ2n) is 4.29. The molecule has 0 saturated carbocycles. The summed E-state index contributed by atoms with van der Waals surface area (Å²) >= 11 is 0. The lowest BCUT2D eigenvalue weighted by Gasteiger charge is -2.06. The van der Waals surface area contributed by atoms with Crippen LogP contribution in [0.2, 0.25) is 0 Å². The van der Waals surface area contributed by atoms with E-state index < -0.39 is 5.97 Å². The molecule has 96 valence electrons. The zero-order valence-electron chi connectivity index (χ0n) is 10.4. The van der Waals surface area contributed by atoms with Crippen molar-refractivity contribution in [3.05, 3.63) is 24.0 Å². The highest BCUT2D eigenvalue weighted by molar-refractivity contribution is 5.87. The summed E-state index contributed by atoms with van der Waals surface area (Å²) in [5, 5.41) is 8.80. The summed E-state index contributed by atoms with van der Waals surface area (Å²) in [7, 11) is 0. The van der Waals surface area contributed by atoms with E-state index in [9.17, 15) is 4.79 Å². The topological polar surface area (TPSA) is 81.1 Å². The van der Waals surface area contributed by atoms with Gasteiger partial charge in [-0.2, -0.15) is 0 Å². The predicted octanol–water partition coefficient (Wildman–Crippen LogP) is 2.05. The Hall–Kier alpha value is -2.04. The number of carboxylic acid groups (broad SMARTS) is 1. The molecule has 0 unspecified atom stereocenters. The van der Waals surface area contributed by atoms with Crippen LogP contribution in [0.5, 0.6) is 0 Å². The normalized spacial score (nSPS) is 10.9. The molecule has 5 nitrogen and oxygen atoms in total. The first-order valence-corrected chi connectivity index (χ1v) is 6.09. The highest BCUT2D eigenvalue weighted by Crippen LogP contribution is 2.22. The number of hydrogen-bond acceptors (Lipinski definition) is 3. The molecule has 0 atom stereocenters. The van der Waals surface area contributed by atoms with Gasteiger partial charge in [-0.3, -0.25) is 4.79 Å². The van der Waals surface area contributed by atoms with Crippen molar-refractivity contribution in [2.45, 2.75) is 32.7 Å². The van der Waals surface area contributed by atoms with Crippen molar-refractivity contribution in [3.8, 4) is 0 Å². The van der Waals surface area contributed by atoms with Crippen LogP contribution in [0.15, 0.2) is 18.2 Å². The lowest BCUT2D eigenvalue weighted by molar-refractivity contribution is -0.137. The van der Waals surface area contributed by atoms with E-state index in [4.69, 9.17) is 10.8 Å². The Kier molecular flexibility index (Phi) is 3.50. The van der Waals surface area contributed by atoms with Gasteiger partial charge >= 0.3 is 5.97 Å². The van der Waals surface area contributed by atoms with Gasteiger partial charge in [-0.25, -0.2) is 4.98 Å². The second kappa shape index (κ2) is 5.08. The lowest BCUT2D eigenvalue weighted by Crippen LogP contribution is -2.08. The van der Waals surface area contributed by atoms with Gasteiger partial charge in [0.15, 0.2) is 0 Å². The first kappa shape index (κ1) is 12.4. The molecular formula is C13H17N3O2. The quantitative estimate of drug-likeness (QED) is 0.792. The Morgan fingerprint density at radius 1 is 1.50 bits per heavy atom. The number of fused-ring (bicyclic) bond motifs is 1. The summed E-state index contributed by atoms with van der Waals surface area (Å²) in [6.07, 6.45) is 1.89. The van der Waals surface area contributed by atoms with Gasteiger partial charge in [0, 0.05) is 13.0 Å². The number of imidazole rings is 1. The van der Waals surface area contributed by atoms with Crippen molar-refractivity contribution in [1.29, 1.82) is 0 Å². The molecule has 2 aromatic rings. The van der Waals surface area contributed by atoms with Gasteiger partial charge in [-0.05, 0) is 18.6 Å². The Balaban J connectivity index is 2.48. The van der Waals surface area contributed by atoms with E-state index in [0.717, 1.165) is 29.7 Å². The van der Waals surface area contributed by atoms with Crippen molar-refractivity contribution in [3.63, 3.8) is 0 Å². The van der Waals surface area contributed by atoms with E-state index in [1.54, 1.807) is 0 Å². The Morgan fingerprint density at radius 3 is 2.94 bits per heavy atom. The van der Waals surface area contributed by atoms with Crippen molar-refractivity contribution in [2.75, 3.05) is 5.73 Å². The van der Waals surface area contributed by atoms with Crippen LogP contribution in [0.4, 0.5) is 5.69 Å². The fraction of sp³-hybridized carbons (Fsp3) is 0.385. The molecule has 0 saturated heterocycles. The van der Waals surface area contributed by atoms with Crippen LogP contribution in [0.1, 0.15) is 25.6 Å². The molecule has 1 heterocycles. The molecule has 0 amide bonds. The third-order valence-electron chi connectivity index (χ3n) is 2.91. The van der Waals surface area contributed by atoms with Crippen LogP contribution in [0.25, 0.3) is 11.0 Å². The smallest absolute Gasteiger partial charge is 0.305 e. The molecule has 1 aromatic heterocycles. The number of carbonyl (C=O) groups is 1. The van der Waals surface area contributed by atoms with Gasteiger partial charge in [0.25, 0.3) is 0 Å². The van der Waals surface area contributed by atoms with Crippen molar-refractivity contribution >= 4 is 22.7 Å². The van der Waals surface area contributed by atoms with Crippen molar-refractivity contribution in [1.82, 2.24) is 9.55 Å². The van der Waals surface area contributed by atoms with Crippen LogP contribution in [0, 0.1) is 0 Å². The summed E-state index contributed by atoms with van der Waals surface area (Å²) in [4.78, 5) is 15.2. The van der Waals surface area contributed by atoms with Gasteiger partial charge in [0.1, 0.15) is 11.3 Å². The molecule has 0 aliphatic rings. The van der Waals surface area contributed by atoms with E-state index in [1.165, 1.54) is 0 Å². The summed E-state index contributed by atoms with van der Waals surface area (Å²) in [6.45, 7) is 2.51. The number of nitrogens with zero attached hydrogens (tertiary/aromatic N) is 2. The average Bonchev–Trinajstić information content (AvgIpc) is 2.66. The fourth-order valence-electron chi connectivity index (χ4n) is 2.09. The summed E-state index contributed by atoms with van der Waals surface area (Å²) in [5.74, 6) is 0.106. The molecule has 5 heteroatoms. The number of aliphatic carboxylic acids is 1. The van der Waals surface area contributed by atoms with Gasteiger partial charge in [-0.15, -0.1) is 0 Å². The molecule has 0 spiro atoms. The Labute approximate surface area is 105 Å². The molecule has 0 fully saturated rings. The van der Waals surface area contributed by atoms with Crippen LogP contribution in [-0.2, 0) is 17.8 Å². The number of rotatable bonds is 5. The number of benzene rings is 1. The molecule has 0 bridgehead atoms. The van der Waals surface area contributed by atoms with E-state index in [-0.39, 0.29) is 6.42 Å². The molecule has 0 aliphatic carbocycles. The minimum absolute atomic E-state index is 0.0942. The molecule has 0 aliphatic heterocycles. The minimum Gasteiger partial charge on any atom is -0.481 e. The van der Waals surface area contributed by atoms with E-state index in [2.05, 4.69) is 11.9 Å². The average molecular weight is 247 g/mol. The van der Waals surface area contributed by atoms with Gasteiger partial charge < -0.3 is 15.4 Å². The number of aromatic nitrogens is 2. The Morgan fingerprint density at radius 2 is 2.28 bits per heavy atom. The predicted molar refractivity (Wildman–Crippen MR) is 70.4 cm³/mol. The number of anilines is 1. The molecule has 2 rings (SSSR count). The number of para-hydroxylation sites is 1. The number of nitrogen functional groups attached to an aromatic ring is 1. The highest BCUT2D eigenvalue weighted by atomic mass is 16.4. The summed E-state index contributed by atoms with van der Waals surface area (Å²) in [6, 6.07) is 5.61. The largest absolute Gasteiger partial charge is 0.481 e. The molecule has 0 radical (unpaired) electrons. The maximum atomic E-state index is 10.7. The van der Waals surface area contributed by atoms with E-state index >= 15 is 0 Å². The maximum Gasteiger partial charge on any atom is 0.305 e. The number of nitrogens with two attached hydrogens (primary N) is 1. The number of carboxylic acids is 1. The summed E-state index contributed by atoms with van der Waals surface area (Å²) < 4.78 is 1.96. The standard InChI is InChI=1S/C13H17N3O2/c1-2-4-11-15-13-9(14)5-3-6-10(13)16(11)8-7-12(17)18/h3,5-6H,2,4,7-8,14H2,1H3,(H,17,18). The first-order valence-electron chi connectivity index (χ1n) is 6.09. The Bertz CT molecular complexity index is 575. The molecule has 3 N–H and O–H groups in total. The molecular weight excluding hydrogens is 230 g/mol. The summed E-state index contributed by atoms with van der Waals surface area (Å²) in [5.41, 5.74) is 8.22. The first-order chi connectivity index (χ1) is 8.63. The third-order valence-corrected chi connectivity index (χ3v) is 2.91. The number of hydrogen-bond donors (Lipinski definition) is 2. The van der Waals surface area contributed by atoms with Crippen molar-refractivity contribution in [2.24, 2.45) is 0 Å². The van der Waals surface area contributed by atoms with Gasteiger partial charge in [0.05, 0.1) is 17.6 Å². The van der Waals surface area contributed by atoms with Gasteiger partial charge in [0.2, 0.25) is 0 Å². The molecule has 1 aromatic carbocycles. The maximum absolute atomic E-state index is 10.7. The second-order valence-corrected chi connectivity index (χ2v) is 4.29. The fourth-order valence-corrected chi connectivity index (χ4v) is 2.09. The monoisotopic (exact) mass is 247 g/mol. The zero-order valence-corrected chi connectivity index (χ0v) is 10.4. The van der Waals surface area contributed by atoms with Crippen LogP contribution in [-0.4, -0.2) is 20.6 Å². The van der Waals surface area contributed by atoms with Crippen LogP contribution < -0.4 is 5.73 Å². The van der Waals surface area contributed by atoms with Gasteiger partial charge in [-0.1, -0.05) is 13.0 Å².